The van der Waals surface area contributed by atoms with Crippen molar-refractivity contribution in [2.45, 2.75) is 13.8 Å². The summed E-state index contributed by atoms with van der Waals surface area (Å²) in [6.07, 6.45) is 0. The first-order valence-corrected chi connectivity index (χ1v) is 5.84. The minimum absolute atomic E-state index is 0.00465. The number of ether oxygens (including phenoxy) is 2. The monoisotopic (exact) mass is 279 g/mol. The summed E-state index contributed by atoms with van der Waals surface area (Å²) in [7, 11) is 2.99. The number of carbonyl (C=O) groups is 2. The molecule has 1 aromatic carbocycles. The van der Waals surface area contributed by atoms with Gasteiger partial charge in [-0.05, 0) is 26.0 Å². The van der Waals surface area contributed by atoms with E-state index in [1.807, 2.05) is 0 Å². The van der Waals surface area contributed by atoms with E-state index in [1.165, 1.54) is 28.1 Å². The van der Waals surface area contributed by atoms with Crippen molar-refractivity contribution in [2.24, 2.45) is 0 Å². The lowest BCUT2D eigenvalue weighted by atomic mass is 10.1. The third-order valence-corrected chi connectivity index (χ3v) is 2.88. The van der Waals surface area contributed by atoms with Crippen molar-refractivity contribution >= 4 is 17.6 Å². The Morgan fingerprint density at radius 2 is 1.75 bits per heavy atom. The molecule has 0 aromatic heterocycles. The number of aliphatic carboxylic acids is 1. The van der Waals surface area contributed by atoms with Crippen molar-refractivity contribution in [1.29, 1.82) is 0 Å². The van der Waals surface area contributed by atoms with E-state index in [4.69, 9.17) is 14.6 Å². The maximum atomic E-state index is 12.0. The first-order valence-electron chi connectivity index (χ1n) is 5.84. The summed E-state index contributed by atoms with van der Waals surface area (Å²) in [4.78, 5) is 22.8. The molecule has 2 N–H and O–H groups in total. The first-order chi connectivity index (χ1) is 9.40. The summed E-state index contributed by atoms with van der Waals surface area (Å²) < 4.78 is 10.2. The zero-order chi connectivity index (χ0) is 15.3. The lowest BCUT2D eigenvalue weighted by Gasteiger charge is -2.12. The number of benzene rings is 1. The summed E-state index contributed by atoms with van der Waals surface area (Å²) in [5, 5.41) is 11.5. The molecule has 0 radical (unpaired) electrons. The first kappa shape index (κ1) is 15.6. The molecule has 0 aliphatic rings. The van der Waals surface area contributed by atoms with Crippen LogP contribution in [0, 0.1) is 0 Å². The molecule has 0 saturated heterocycles. The zero-order valence-electron chi connectivity index (χ0n) is 11.8. The highest BCUT2D eigenvalue weighted by molar-refractivity contribution is 6.08. The SMILES string of the molecule is COc1ccc(NC(=O)C(C)=C(C)C(=O)O)c(OC)c1. The Bertz CT molecular complexity index is 563. The molecule has 0 bridgehead atoms. The highest BCUT2D eigenvalue weighted by Gasteiger charge is 2.14. The number of hydrogen-bond acceptors (Lipinski definition) is 4. The maximum absolute atomic E-state index is 12.0. The Morgan fingerprint density at radius 3 is 2.25 bits per heavy atom. The minimum atomic E-state index is -1.13. The number of amides is 1. The summed E-state index contributed by atoms with van der Waals surface area (Å²) >= 11 is 0. The number of nitrogens with one attached hydrogen (secondary N) is 1. The van der Waals surface area contributed by atoms with E-state index in [0.717, 1.165) is 0 Å². The number of methoxy groups -OCH3 is 2. The van der Waals surface area contributed by atoms with Crippen LogP contribution in [0.25, 0.3) is 0 Å². The summed E-state index contributed by atoms with van der Waals surface area (Å²) in [5.74, 6) is -0.597. The third-order valence-electron chi connectivity index (χ3n) is 2.88. The van der Waals surface area contributed by atoms with Gasteiger partial charge in [0.15, 0.2) is 0 Å². The van der Waals surface area contributed by atoms with Gasteiger partial charge in [0.2, 0.25) is 0 Å². The predicted octanol–water partition coefficient (Wildman–Crippen LogP) is 2.06. The molecule has 0 spiro atoms. The third kappa shape index (κ3) is 3.50. The van der Waals surface area contributed by atoms with Gasteiger partial charge in [-0.1, -0.05) is 0 Å². The maximum Gasteiger partial charge on any atom is 0.331 e. The largest absolute Gasteiger partial charge is 0.497 e. The van der Waals surface area contributed by atoms with E-state index in [2.05, 4.69) is 5.32 Å². The lowest BCUT2D eigenvalue weighted by Crippen LogP contribution is -2.16. The smallest absolute Gasteiger partial charge is 0.331 e. The van der Waals surface area contributed by atoms with Gasteiger partial charge in [-0.3, -0.25) is 4.79 Å². The Kier molecular flexibility index (Phi) is 5.14. The topological polar surface area (TPSA) is 84.9 Å². The van der Waals surface area contributed by atoms with Gasteiger partial charge in [-0.2, -0.15) is 0 Å². The van der Waals surface area contributed by atoms with Gasteiger partial charge < -0.3 is 19.9 Å². The fraction of sp³-hybridized carbons (Fsp3) is 0.286. The van der Waals surface area contributed by atoms with Gasteiger partial charge in [0.25, 0.3) is 5.91 Å². The second-order valence-electron chi connectivity index (χ2n) is 4.08. The van der Waals surface area contributed by atoms with E-state index in [-0.39, 0.29) is 11.1 Å². The predicted molar refractivity (Wildman–Crippen MR) is 74.2 cm³/mol. The van der Waals surface area contributed by atoms with Crippen LogP contribution >= 0.6 is 0 Å². The van der Waals surface area contributed by atoms with Crippen molar-refractivity contribution in [3.63, 3.8) is 0 Å². The van der Waals surface area contributed by atoms with Gasteiger partial charge in [-0.25, -0.2) is 4.79 Å². The minimum Gasteiger partial charge on any atom is -0.497 e. The normalized spacial score (nSPS) is 11.4. The van der Waals surface area contributed by atoms with Crippen LogP contribution in [-0.2, 0) is 9.59 Å². The van der Waals surface area contributed by atoms with Gasteiger partial charge in [0.05, 0.1) is 19.9 Å². The van der Waals surface area contributed by atoms with Gasteiger partial charge >= 0.3 is 5.97 Å². The number of hydrogen-bond donors (Lipinski definition) is 2. The fourth-order valence-electron chi connectivity index (χ4n) is 1.45. The van der Waals surface area contributed by atoms with Crippen LogP contribution in [0.1, 0.15) is 13.8 Å². The number of anilines is 1. The van der Waals surface area contributed by atoms with Gasteiger partial charge in [0.1, 0.15) is 11.5 Å². The molecule has 1 rings (SSSR count). The average molecular weight is 279 g/mol. The molecule has 1 aromatic rings. The fourth-order valence-corrected chi connectivity index (χ4v) is 1.45. The van der Waals surface area contributed by atoms with Crippen LogP contribution in [0.2, 0.25) is 0 Å². The molecule has 0 fully saturated rings. The Labute approximate surface area is 117 Å². The molecular formula is C14H17NO5. The Balaban J connectivity index is 3.02. The van der Waals surface area contributed by atoms with Crippen LogP contribution in [0.4, 0.5) is 5.69 Å². The molecule has 20 heavy (non-hydrogen) atoms. The molecule has 0 saturated carbocycles. The molecule has 1 amide bonds. The average Bonchev–Trinajstić information content (AvgIpc) is 2.45. The number of carbonyl (C=O) groups excluding carboxylic acids is 1. The van der Waals surface area contributed by atoms with Gasteiger partial charge in [-0.15, -0.1) is 0 Å². The summed E-state index contributed by atoms with van der Waals surface area (Å²) in [6, 6.07) is 4.92. The van der Waals surface area contributed by atoms with Crippen LogP contribution in [0.15, 0.2) is 29.3 Å². The number of carboxylic acid groups (broad SMARTS) is 1. The molecular weight excluding hydrogens is 262 g/mol. The molecule has 0 atom stereocenters. The van der Waals surface area contributed by atoms with E-state index in [0.29, 0.717) is 17.2 Å². The molecule has 0 aliphatic heterocycles. The van der Waals surface area contributed by atoms with Crippen LogP contribution < -0.4 is 14.8 Å². The summed E-state index contributed by atoms with van der Waals surface area (Å²) in [6.45, 7) is 2.83. The van der Waals surface area contributed by atoms with Crippen molar-refractivity contribution < 1.29 is 24.2 Å². The number of carboxylic acids is 1. The second kappa shape index (κ2) is 6.60. The van der Waals surface area contributed by atoms with Crippen molar-refractivity contribution in [3.8, 4) is 11.5 Å². The van der Waals surface area contributed by atoms with Gasteiger partial charge in [0, 0.05) is 17.2 Å². The lowest BCUT2D eigenvalue weighted by molar-refractivity contribution is -0.133. The molecule has 6 nitrogen and oxygen atoms in total. The Morgan fingerprint density at radius 1 is 1.10 bits per heavy atom. The molecule has 0 aliphatic carbocycles. The van der Waals surface area contributed by atoms with E-state index >= 15 is 0 Å². The van der Waals surface area contributed by atoms with Crippen LogP contribution in [-0.4, -0.2) is 31.2 Å². The second-order valence-corrected chi connectivity index (χ2v) is 4.08. The van der Waals surface area contributed by atoms with Crippen LogP contribution in [0.5, 0.6) is 11.5 Å². The van der Waals surface area contributed by atoms with E-state index in [9.17, 15) is 9.59 Å². The van der Waals surface area contributed by atoms with E-state index < -0.39 is 11.9 Å². The van der Waals surface area contributed by atoms with Crippen LogP contribution in [0.3, 0.4) is 0 Å². The van der Waals surface area contributed by atoms with E-state index in [1.54, 1.807) is 18.2 Å². The molecule has 0 heterocycles. The highest BCUT2D eigenvalue weighted by Crippen LogP contribution is 2.29. The quantitative estimate of drug-likeness (QED) is 0.806. The standard InChI is InChI=1S/C14H17NO5/c1-8(9(2)14(17)18)13(16)15-11-6-5-10(19-3)7-12(11)20-4/h5-7H,1-4H3,(H,15,16)(H,17,18). The summed E-state index contributed by atoms with van der Waals surface area (Å²) in [5.41, 5.74) is 0.571. The number of rotatable bonds is 5. The van der Waals surface area contributed by atoms with Crippen molar-refractivity contribution in [2.75, 3.05) is 19.5 Å². The van der Waals surface area contributed by atoms with Crippen molar-refractivity contribution in [1.82, 2.24) is 0 Å². The highest BCUT2D eigenvalue weighted by atomic mass is 16.5. The Hall–Kier alpha value is -2.50. The zero-order valence-corrected chi connectivity index (χ0v) is 11.8. The molecule has 108 valence electrons. The molecule has 0 unspecified atom stereocenters. The molecule has 6 heteroatoms. The van der Waals surface area contributed by atoms with Crippen molar-refractivity contribution in [3.05, 3.63) is 29.3 Å².